The van der Waals surface area contributed by atoms with Crippen LogP contribution >= 0.6 is 23.5 Å². The van der Waals surface area contributed by atoms with Gasteiger partial charge in [0, 0.05) is 17.0 Å². The summed E-state index contributed by atoms with van der Waals surface area (Å²) in [7, 11) is 0. The molecular weight excluding hydrogens is 296 g/mol. The van der Waals surface area contributed by atoms with Gasteiger partial charge in [-0.3, -0.25) is 4.90 Å². The third-order valence-corrected chi connectivity index (χ3v) is 6.34. The van der Waals surface area contributed by atoms with Gasteiger partial charge in [-0.15, -0.1) is 11.8 Å². The van der Waals surface area contributed by atoms with Crippen molar-refractivity contribution in [2.24, 2.45) is 0 Å². The molecule has 1 saturated heterocycles. The van der Waals surface area contributed by atoms with E-state index in [1.165, 1.54) is 23.1 Å². The SMILES string of the molecule is CSC1CCCC(NC(=O)N2C(C)SCC2C(=O)O)C1. The topological polar surface area (TPSA) is 69.6 Å². The van der Waals surface area contributed by atoms with E-state index in [2.05, 4.69) is 11.6 Å². The van der Waals surface area contributed by atoms with Gasteiger partial charge in [-0.2, -0.15) is 11.8 Å². The summed E-state index contributed by atoms with van der Waals surface area (Å²) < 4.78 is 0. The number of aliphatic carboxylic acids is 1. The van der Waals surface area contributed by atoms with Crippen LogP contribution < -0.4 is 5.32 Å². The van der Waals surface area contributed by atoms with Crippen LogP contribution in [-0.2, 0) is 4.79 Å². The number of nitrogens with zero attached hydrogens (tertiary/aromatic N) is 1. The maximum absolute atomic E-state index is 12.4. The lowest BCUT2D eigenvalue weighted by molar-refractivity contribution is -0.141. The molecule has 0 spiro atoms. The lowest BCUT2D eigenvalue weighted by Crippen LogP contribution is -2.52. The number of urea groups is 1. The Labute approximate surface area is 128 Å². The monoisotopic (exact) mass is 318 g/mol. The molecule has 2 aliphatic rings. The molecule has 4 unspecified atom stereocenters. The first-order valence-electron chi connectivity index (χ1n) is 6.99. The highest BCUT2D eigenvalue weighted by molar-refractivity contribution is 8.00. The Kier molecular flexibility index (Phi) is 5.49. The van der Waals surface area contributed by atoms with Crippen molar-refractivity contribution >= 4 is 35.5 Å². The van der Waals surface area contributed by atoms with Crippen molar-refractivity contribution in [1.29, 1.82) is 0 Å². The summed E-state index contributed by atoms with van der Waals surface area (Å²) in [5.74, 6) is -0.440. The van der Waals surface area contributed by atoms with Gasteiger partial charge in [0.15, 0.2) is 0 Å². The minimum atomic E-state index is -0.914. The number of amides is 2. The average Bonchev–Trinajstić information content (AvgIpc) is 2.81. The summed E-state index contributed by atoms with van der Waals surface area (Å²) in [6, 6.07) is -0.738. The highest BCUT2D eigenvalue weighted by Crippen LogP contribution is 2.30. The fraction of sp³-hybridized carbons (Fsp3) is 0.846. The minimum absolute atomic E-state index is 0.0731. The van der Waals surface area contributed by atoms with Crippen molar-refractivity contribution in [3.63, 3.8) is 0 Å². The number of rotatable bonds is 3. The van der Waals surface area contributed by atoms with Crippen molar-refractivity contribution in [2.75, 3.05) is 12.0 Å². The molecule has 20 heavy (non-hydrogen) atoms. The number of carbonyl (C=O) groups is 2. The molecule has 0 aromatic rings. The standard InChI is InChI=1S/C13H22N2O3S2/c1-8-15(11(7-20-8)12(16)17)13(18)14-9-4-3-5-10(6-9)19-2/h8-11H,3-7H2,1-2H3,(H,14,18)(H,16,17). The third kappa shape index (κ3) is 3.55. The Morgan fingerprint density at radius 2 is 2.15 bits per heavy atom. The van der Waals surface area contributed by atoms with Gasteiger partial charge in [0.2, 0.25) is 0 Å². The van der Waals surface area contributed by atoms with E-state index in [-0.39, 0.29) is 17.4 Å². The first-order valence-corrected chi connectivity index (χ1v) is 9.32. The van der Waals surface area contributed by atoms with E-state index < -0.39 is 12.0 Å². The van der Waals surface area contributed by atoms with Gasteiger partial charge < -0.3 is 10.4 Å². The lowest BCUT2D eigenvalue weighted by Gasteiger charge is -2.32. The average molecular weight is 318 g/mol. The summed E-state index contributed by atoms with van der Waals surface area (Å²) in [6.45, 7) is 1.89. The number of thioether (sulfide) groups is 2. The fourth-order valence-corrected chi connectivity index (χ4v) is 4.88. The molecule has 2 rings (SSSR count). The summed E-state index contributed by atoms with van der Waals surface area (Å²) in [5, 5.41) is 12.8. The summed E-state index contributed by atoms with van der Waals surface area (Å²) >= 11 is 3.37. The Morgan fingerprint density at radius 1 is 1.40 bits per heavy atom. The van der Waals surface area contributed by atoms with Crippen LogP contribution in [0.4, 0.5) is 4.79 Å². The maximum atomic E-state index is 12.4. The van der Waals surface area contributed by atoms with E-state index in [4.69, 9.17) is 0 Å². The fourth-order valence-electron chi connectivity index (χ4n) is 2.88. The first kappa shape index (κ1) is 15.8. The highest BCUT2D eigenvalue weighted by Gasteiger charge is 2.40. The zero-order chi connectivity index (χ0) is 14.7. The molecule has 1 aliphatic heterocycles. The van der Waals surface area contributed by atoms with Crippen LogP contribution in [0.1, 0.15) is 32.6 Å². The second kappa shape index (κ2) is 6.93. The molecule has 0 bridgehead atoms. The number of carboxylic acids is 1. The molecule has 0 aromatic carbocycles. The summed E-state index contributed by atoms with van der Waals surface area (Å²) in [5.41, 5.74) is 0. The van der Waals surface area contributed by atoms with Crippen LogP contribution in [0.25, 0.3) is 0 Å². The molecule has 4 atom stereocenters. The molecule has 0 radical (unpaired) electrons. The van der Waals surface area contributed by atoms with Crippen molar-refractivity contribution in [2.45, 2.75) is 55.3 Å². The molecule has 2 N–H and O–H groups in total. The predicted molar refractivity (Wildman–Crippen MR) is 83.3 cm³/mol. The Hall–Kier alpha value is -0.560. The summed E-state index contributed by atoms with van der Waals surface area (Å²) in [6.07, 6.45) is 6.43. The zero-order valence-corrected chi connectivity index (χ0v) is 13.5. The van der Waals surface area contributed by atoms with Crippen molar-refractivity contribution in [1.82, 2.24) is 10.2 Å². The van der Waals surface area contributed by atoms with E-state index >= 15 is 0 Å². The largest absolute Gasteiger partial charge is 0.480 e. The van der Waals surface area contributed by atoms with Gasteiger partial charge in [-0.1, -0.05) is 6.42 Å². The molecule has 2 fully saturated rings. The van der Waals surface area contributed by atoms with E-state index in [0.29, 0.717) is 11.0 Å². The quantitative estimate of drug-likeness (QED) is 0.835. The number of nitrogens with one attached hydrogen (secondary N) is 1. The maximum Gasteiger partial charge on any atom is 0.327 e. The second-order valence-corrected chi connectivity index (χ2v) is 7.85. The van der Waals surface area contributed by atoms with Crippen molar-refractivity contribution in [3.05, 3.63) is 0 Å². The lowest BCUT2D eigenvalue weighted by atomic mass is 9.95. The predicted octanol–water partition coefficient (Wildman–Crippen LogP) is 2.22. The van der Waals surface area contributed by atoms with Crippen LogP contribution in [0.15, 0.2) is 0 Å². The minimum Gasteiger partial charge on any atom is -0.480 e. The number of carboxylic acid groups (broad SMARTS) is 1. The third-order valence-electron chi connectivity index (χ3n) is 4.03. The van der Waals surface area contributed by atoms with Crippen LogP contribution in [0.5, 0.6) is 0 Å². The van der Waals surface area contributed by atoms with Gasteiger partial charge >= 0.3 is 12.0 Å². The Morgan fingerprint density at radius 3 is 2.80 bits per heavy atom. The molecule has 2 amide bonds. The van der Waals surface area contributed by atoms with Gasteiger partial charge in [0.05, 0.1) is 5.37 Å². The second-order valence-electron chi connectivity index (χ2n) is 5.36. The molecule has 114 valence electrons. The van der Waals surface area contributed by atoms with E-state index in [9.17, 15) is 14.7 Å². The van der Waals surface area contributed by atoms with Gasteiger partial charge in [-0.25, -0.2) is 9.59 Å². The van der Waals surface area contributed by atoms with Gasteiger partial charge in [0.1, 0.15) is 6.04 Å². The molecule has 1 heterocycles. The van der Waals surface area contributed by atoms with Crippen molar-refractivity contribution < 1.29 is 14.7 Å². The summed E-state index contributed by atoms with van der Waals surface area (Å²) in [4.78, 5) is 25.1. The zero-order valence-electron chi connectivity index (χ0n) is 11.9. The highest BCUT2D eigenvalue weighted by atomic mass is 32.2. The Bertz CT molecular complexity index is 381. The number of carbonyl (C=O) groups excluding carboxylic acids is 1. The first-order chi connectivity index (χ1) is 9.52. The smallest absolute Gasteiger partial charge is 0.327 e. The van der Waals surface area contributed by atoms with Gasteiger partial charge in [-0.05, 0) is 32.4 Å². The van der Waals surface area contributed by atoms with E-state index in [1.54, 1.807) is 0 Å². The van der Waals surface area contributed by atoms with Crippen LogP contribution in [0, 0.1) is 0 Å². The molecule has 5 nitrogen and oxygen atoms in total. The van der Waals surface area contributed by atoms with Crippen LogP contribution in [-0.4, -0.2) is 56.7 Å². The normalized spacial score (nSPS) is 34.0. The molecule has 1 saturated carbocycles. The molecule has 7 heteroatoms. The number of hydrogen-bond donors (Lipinski definition) is 2. The van der Waals surface area contributed by atoms with Crippen molar-refractivity contribution in [3.8, 4) is 0 Å². The van der Waals surface area contributed by atoms with Crippen LogP contribution in [0.3, 0.4) is 0 Å². The number of hydrogen-bond acceptors (Lipinski definition) is 4. The van der Waals surface area contributed by atoms with Crippen LogP contribution in [0.2, 0.25) is 0 Å². The Balaban J connectivity index is 1.94. The molecule has 1 aliphatic carbocycles. The van der Waals surface area contributed by atoms with Gasteiger partial charge in [0.25, 0.3) is 0 Å². The molecular formula is C13H22N2O3S2. The van der Waals surface area contributed by atoms with E-state index in [1.807, 2.05) is 18.7 Å². The van der Waals surface area contributed by atoms with E-state index in [0.717, 1.165) is 19.3 Å². The molecule has 0 aromatic heterocycles.